The van der Waals surface area contributed by atoms with E-state index < -0.39 is 5.41 Å². The van der Waals surface area contributed by atoms with Crippen LogP contribution in [0.4, 0.5) is 0 Å². The summed E-state index contributed by atoms with van der Waals surface area (Å²) >= 11 is 0. The zero-order valence-electron chi connectivity index (χ0n) is 38.0. The molecule has 0 bridgehead atoms. The first-order valence-electron chi connectivity index (χ1n) is 24.1. The van der Waals surface area contributed by atoms with Gasteiger partial charge in [-0.1, -0.05) is 127 Å². The van der Waals surface area contributed by atoms with Gasteiger partial charge in [-0.3, -0.25) is 14.5 Å². The molecule has 1 atom stereocenters. The number of ether oxygens (including phenoxy) is 1. The summed E-state index contributed by atoms with van der Waals surface area (Å²) in [7, 11) is 0. The van der Waals surface area contributed by atoms with Gasteiger partial charge in [-0.15, -0.1) is 0 Å². The maximum atomic E-state index is 6.92. The van der Waals surface area contributed by atoms with Crippen LogP contribution >= 0.6 is 0 Å². The molecule has 14 aromatic rings. The smallest absolute Gasteiger partial charge is 0.162 e. The first kappa shape index (κ1) is 38.4. The molecule has 16 rings (SSSR count). The molecule has 330 valence electrons. The molecule has 0 N–H and O–H groups in total. The van der Waals surface area contributed by atoms with Gasteiger partial charge in [-0.2, -0.15) is 0 Å². The standard InChI is InChI=1S/C64H38N6O/c1-7-22-52-42(15-1)43-16-2-8-23-53(43)68(52)41-37-51-62(67-38-41)61-49(21-13-33-65-61)64(51)48-20-6-12-28-59(48)71-60-32-30-40(36-50(60)64)39-29-31-57-47(35-39)46-19-5-11-26-56(46)70(57)63-58(27-14-34-66-63)69-54-24-9-3-17-44(54)45-18-4-10-25-55(45)69/h1-38H. The van der Waals surface area contributed by atoms with Crippen LogP contribution in [0, 0.1) is 0 Å². The third-order valence-corrected chi connectivity index (χ3v) is 15.3. The lowest BCUT2D eigenvalue weighted by Gasteiger charge is -2.39. The predicted molar refractivity (Wildman–Crippen MR) is 286 cm³/mol. The fraction of sp³-hybridized carbons (Fsp3) is 0.0156. The van der Waals surface area contributed by atoms with Crippen molar-refractivity contribution in [2.24, 2.45) is 0 Å². The number of hydrogen-bond donors (Lipinski definition) is 0. The summed E-state index contributed by atoms with van der Waals surface area (Å²) in [6, 6.07) is 76.2. The van der Waals surface area contributed by atoms with Crippen LogP contribution in [0.3, 0.4) is 0 Å². The average molecular weight is 907 g/mol. The Hall–Kier alpha value is -9.59. The van der Waals surface area contributed by atoms with Gasteiger partial charge in [-0.25, -0.2) is 4.98 Å². The average Bonchev–Trinajstić information content (AvgIpc) is 4.15. The van der Waals surface area contributed by atoms with E-state index in [1.54, 1.807) is 0 Å². The second kappa shape index (κ2) is 14.2. The summed E-state index contributed by atoms with van der Waals surface area (Å²) in [5.74, 6) is 2.50. The van der Waals surface area contributed by atoms with Crippen molar-refractivity contribution in [3.63, 3.8) is 0 Å². The molecular formula is C64H38N6O. The van der Waals surface area contributed by atoms with Gasteiger partial charge in [0, 0.05) is 61.4 Å². The minimum absolute atomic E-state index is 0.788. The van der Waals surface area contributed by atoms with E-state index >= 15 is 0 Å². The van der Waals surface area contributed by atoms with E-state index in [-0.39, 0.29) is 0 Å². The number of pyridine rings is 3. The van der Waals surface area contributed by atoms with Gasteiger partial charge in [0.15, 0.2) is 5.82 Å². The first-order chi connectivity index (χ1) is 35.2. The molecule has 71 heavy (non-hydrogen) atoms. The Kier molecular flexibility index (Phi) is 7.69. The number of fused-ring (bicyclic) bond motifs is 18. The highest BCUT2D eigenvalue weighted by Crippen LogP contribution is 2.62. The first-order valence-corrected chi connectivity index (χ1v) is 24.1. The predicted octanol–water partition coefficient (Wildman–Crippen LogP) is 15.3. The van der Waals surface area contributed by atoms with E-state index in [1.165, 1.54) is 21.5 Å². The van der Waals surface area contributed by atoms with Crippen molar-refractivity contribution in [2.75, 3.05) is 0 Å². The summed E-state index contributed by atoms with van der Waals surface area (Å²) in [5, 5.41) is 7.14. The molecule has 0 saturated carbocycles. The summed E-state index contributed by atoms with van der Waals surface area (Å²) in [6.45, 7) is 0. The van der Waals surface area contributed by atoms with Crippen LogP contribution in [-0.2, 0) is 5.41 Å². The Balaban J connectivity index is 0.914. The minimum Gasteiger partial charge on any atom is -0.457 e. The van der Waals surface area contributed by atoms with Gasteiger partial charge in [0.05, 0.1) is 67.5 Å². The Labute approximate surface area is 406 Å². The Bertz CT molecular complexity index is 4490. The molecule has 2 aliphatic rings. The van der Waals surface area contributed by atoms with Gasteiger partial charge in [-0.05, 0) is 102 Å². The number of hydrogen-bond acceptors (Lipinski definition) is 4. The van der Waals surface area contributed by atoms with Gasteiger partial charge in [0.2, 0.25) is 0 Å². The largest absolute Gasteiger partial charge is 0.457 e. The second-order valence-electron chi connectivity index (χ2n) is 18.7. The van der Waals surface area contributed by atoms with Crippen molar-refractivity contribution >= 4 is 65.4 Å². The maximum absolute atomic E-state index is 6.92. The zero-order chi connectivity index (χ0) is 46.4. The highest BCUT2D eigenvalue weighted by Gasteiger charge is 2.52. The SMILES string of the molecule is c1ccc2c(c1)Oc1ccc(-c3ccc4c(c3)c3ccccc3n4-c3ncccc3-n3c4ccccc4c4ccccc43)cc1C21c2cccnc2-c2ncc(-n3c4ccccc4c4ccccc43)cc21. The van der Waals surface area contributed by atoms with E-state index in [9.17, 15) is 0 Å². The molecule has 7 heteroatoms. The molecule has 0 fully saturated rings. The number of aromatic nitrogens is 6. The van der Waals surface area contributed by atoms with E-state index in [0.29, 0.717) is 0 Å². The Morgan fingerprint density at radius 1 is 0.338 bits per heavy atom. The highest BCUT2D eigenvalue weighted by molar-refractivity contribution is 6.13. The van der Waals surface area contributed by atoms with Crippen molar-refractivity contribution in [3.8, 4) is 51.2 Å². The molecule has 1 spiro atoms. The van der Waals surface area contributed by atoms with Crippen LogP contribution < -0.4 is 4.74 Å². The van der Waals surface area contributed by atoms with Crippen molar-refractivity contribution in [2.45, 2.75) is 5.41 Å². The van der Waals surface area contributed by atoms with Crippen LogP contribution in [0.25, 0.3) is 105 Å². The Morgan fingerprint density at radius 2 is 0.845 bits per heavy atom. The number of benzene rings is 8. The van der Waals surface area contributed by atoms with Gasteiger partial charge < -0.3 is 13.9 Å². The molecule has 0 saturated heterocycles. The highest BCUT2D eigenvalue weighted by atomic mass is 16.5. The fourth-order valence-corrected chi connectivity index (χ4v) is 12.4. The molecule has 7 heterocycles. The number of nitrogens with zero attached hydrogens (tertiary/aromatic N) is 6. The lowest BCUT2D eigenvalue weighted by atomic mass is 9.66. The normalized spacial score (nSPS) is 14.6. The molecule has 8 aromatic carbocycles. The lowest BCUT2D eigenvalue weighted by Crippen LogP contribution is -2.32. The molecular weight excluding hydrogens is 869 g/mol. The fourth-order valence-electron chi connectivity index (χ4n) is 12.4. The van der Waals surface area contributed by atoms with Crippen LogP contribution in [0.2, 0.25) is 0 Å². The summed E-state index contributed by atoms with van der Waals surface area (Å²) in [5.41, 5.74) is 16.2. The van der Waals surface area contributed by atoms with Crippen LogP contribution in [0.5, 0.6) is 11.5 Å². The summed E-state index contributed by atoms with van der Waals surface area (Å²) < 4.78 is 14.0. The number of rotatable bonds is 4. The van der Waals surface area contributed by atoms with E-state index in [0.717, 1.165) is 117 Å². The molecule has 0 amide bonds. The molecule has 0 radical (unpaired) electrons. The van der Waals surface area contributed by atoms with Crippen LogP contribution in [0.15, 0.2) is 231 Å². The molecule has 6 aromatic heterocycles. The van der Waals surface area contributed by atoms with Gasteiger partial charge in [0.25, 0.3) is 0 Å². The molecule has 1 unspecified atom stereocenters. The minimum atomic E-state index is -0.788. The maximum Gasteiger partial charge on any atom is 0.162 e. The quantitative estimate of drug-likeness (QED) is 0.176. The van der Waals surface area contributed by atoms with Gasteiger partial charge >= 0.3 is 0 Å². The zero-order valence-corrected chi connectivity index (χ0v) is 38.0. The number of para-hydroxylation sites is 6. The third kappa shape index (κ3) is 5.08. The van der Waals surface area contributed by atoms with Crippen molar-refractivity contribution in [3.05, 3.63) is 253 Å². The van der Waals surface area contributed by atoms with Crippen molar-refractivity contribution in [1.82, 2.24) is 28.7 Å². The van der Waals surface area contributed by atoms with Crippen molar-refractivity contribution in [1.29, 1.82) is 0 Å². The topological polar surface area (TPSA) is 62.7 Å². The molecule has 7 nitrogen and oxygen atoms in total. The monoisotopic (exact) mass is 906 g/mol. The van der Waals surface area contributed by atoms with Crippen molar-refractivity contribution < 1.29 is 4.74 Å². The lowest BCUT2D eigenvalue weighted by molar-refractivity contribution is 0.436. The van der Waals surface area contributed by atoms with Gasteiger partial charge in [0.1, 0.15) is 11.5 Å². The molecule has 1 aliphatic carbocycles. The third-order valence-electron chi connectivity index (χ3n) is 15.3. The molecule has 1 aliphatic heterocycles. The Morgan fingerprint density at radius 3 is 1.55 bits per heavy atom. The summed E-state index contributed by atoms with van der Waals surface area (Å²) in [4.78, 5) is 15.6. The van der Waals surface area contributed by atoms with E-state index in [2.05, 4.69) is 220 Å². The summed E-state index contributed by atoms with van der Waals surface area (Å²) in [6.07, 6.45) is 5.80. The van der Waals surface area contributed by atoms with E-state index in [1.807, 2.05) is 24.7 Å². The van der Waals surface area contributed by atoms with Crippen LogP contribution in [-0.4, -0.2) is 28.7 Å². The second-order valence-corrected chi connectivity index (χ2v) is 18.7. The van der Waals surface area contributed by atoms with Crippen LogP contribution in [0.1, 0.15) is 22.3 Å². The van der Waals surface area contributed by atoms with E-state index in [4.69, 9.17) is 19.7 Å².